The summed E-state index contributed by atoms with van der Waals surface area (Å²) in [5.74, 6) is -0.244. The molecule has 1 aliphatic rings. The van der Waals surface area contributed by atoms with E-state index in [-0.39, 0.29) is 17.3 Å². The highest BCUT2D eigenvalue weighted by Crippen LogP contribution is 2.22. The van der Waals surface area contributed by atoms with Crippen LogP contribution in [0.25, 0.3) is 6.08 Å². The van der Waals surface area contributed by atoms with Crippen LogP contribution in [-0.2, 0) is 4.79 Å². The zero-order chi connectivity index (χ0) is 15.4. The standard InChI is InChI=1S/C14H15N3O3S/c1-2-3-8-16-13(18)11(15-14(16)21)9-10-6-4-5-7-12(10)17(19)20/h4-7,9H,2-3,8H2,1H3,(H,15,21)/b11-9+. The maximum atomic E-state index is 12.2. The van der Waals surface area contributed by atoms with Crippen LogP contribution < -0.4 is 5.32 Å². The van der Waals surface area contributed by atoms with Gasteiger partial charge < -0.3 is 5.32 Å². The van der Waals surface area contributed by atoms with Crippen LogP contribution in [0, 0.1) is 10.1 Å². The minimum atomic E-state index is -0.473. The molecule has 1 aliphatic heterocycles. The summed E-state index contributed by atoms with van der Waals surface area (Å²) >= 11 is 5.13. The first-order valence-electron chi connectivity index (χ1n) is 6.62. The Kier molecular flexibility index (Phi) is 4.64. The van der Waals surface area contributed by atoms with Gasteiger partial charge in [0.2, 0.25) is 0 Å². The number of nitrogens with one attached hydrogen (secondary N) is 1. The first-order chi connectivity index (χ1) is 10.0. The van der Waals surface area contributed by atoms with Gasteiger partial charge in [0.05, 0.1) is 10.5 Å². The largest absolute Gasteiger partial charge is 0.328 e. The van der Waals surface area contributed by atoms with E-state index < -0.39 is 4.92 Å². The highest BCUT2D eigenvalue weighted by molar-refractivity contribution is 7.80. The van der Waals surface area contributed by atoms with E-state index in [9.17, 15) is 14.9 Å². The molecule has 1 aromatic rings. The summed E-state index contributed by atoms with van der Waals surface area (Å²) in [7, 11) is 0. The van der Waals surface area contributed by atoms with Crippen molar-refractivity contribution in [2.45, 2.75) is 19.8 Å². The number of thiocarbonyl (C=S) groups is 1. The van der Waals surface area contributed by atoms with E-state index in [0.717, 1.165) is 12.8 Å². The molecule has 0 atom stereocenters. The third kappa shape index (κ3) is 3.25. The van der Waals surface area contributed by atoms with Crippen LogP contribution in [0.4, 0.5) is 5.69 Å². The summed E-state index contributed by atoms with van der Waals surface area (Å²) in [6.07, 6.45) is 3.28. The molecule has 1 N–H and O–H groups in total. The van der Waals surface area contributed by atoms with Crippen molar-refractivity contribution in [1.29, 1.82) is 0 Å². The molecule has 1 heterocycles. The molecule has 1 saturated heterocycles. The lowest BCUT2D eigenvalue weighted by Gasteiger charge is -2.12. The Labute approximate surface area is 127 Å². The Morgan fingerprint density at radius 1 is 1.43 bits per heavy atom. The van der Waals surface area contributed by atoms with Crippen molar-refractivity contribution in [2.75, 3.05) is 6.54 Å². The van der Waals surface area contributed by atoms with Gasteiger partial charge >= 0.3 is 0 Å². The molecule has 1 fully saturated rings. The van der Waals surface area contributed by atoms with Crippen LogP contribution in [0.15, 0.2) is 30.0 Å². The number of nitrogens with zero attached hydrogens (tertiary/aromatic N) is 2. The van der Waals surface area contributed by atoms with Crippen LogP contribution in [-0.4, -0.2) is 27.4 Å². The number of benzene rings is 1. The van der Waals surface area contributed by atoms with Crippen molar-refractivity contribution in [3.05, 3.63) is 45.6 Å². The number of carbonyl (C=O) groups excluding carboxylic acids is 1. The van der Waals surface area contributed by atoms with Gasteiger partial charge in [-0.05, 0) is 30.8 Å². The second-order valence-corrected chi connectivity index (χ2v) is 5.00. The second-order valence-electron chi connectivity index (χ2n) is 4.61. The van der Waals surface area contributed by atoms with E-state index in [1.54, 1.807) is 18.2 Å². The zero-order valence-corrected chi connectivity index (χ0v) is 12.4. The highest BCUT2D eigenvalue weighted by Gasteiger charge is 2.30. The molecule has 0 saturated carbocycles. The molecule has 1 amide bonds. The first kappa shape index (κ1) is 15.1. The maximum Gasteiger partial charge on any atom is 0.276 e. The Morgan fingerprint density at radius 2 is 2.14 bits per heavy atom. The second kappa shape index (κ2) is 6.45. The number of carbonyl (C=O) groups is 1. The van der Waals surface area contributed by atoms with E-state index >= 15 is 0 Å². The Bertz CT molecular complexity index is 628. The van der Waals surface area contributed by atoms with Gasteiger partial charge in [-0.1, -0.05) is 25.5 Å². The normalized spacial score (nSPS) is 16.4. The molecule has 0 aromatic heterocycles. The van der Waals surface area contributed by atoms with Gasteiger partial charge in [0.15, 0.2) is 5.11 Å². The predicted octanol–water partition coefficient (Wildman–Crippen LogP) is 2.45. The molecule has 0 unspecified atom stereocenters. The molecule has 7 heteroatoms. The molecule has 0 bridgehead atoms. The molecule has 2 rings (SSSR count). The van der Waals surface area contributed by atoms with E-state index in [1.165, 1.54) is 17.0 Å². The third-order valence-electron chi connectivity index (χ3n) is 3.13. The number of nitro groups is 1. The number of para-hydroxylation sites is 1. The summed E-state index contributed by atoms with van der Waals surface area (Å²) in [4.78, 5) is 24.2. The monoisotopic (exact) mass is 305 g/mol. The number of nitro benzene ring substituents is 1. The summed E-state index contributed by atoms with van der Waals surface area (Å²) in [6.45, 7) is 2.58. The SMILES string of the molecule is CCCCN1C(=O)/C(=C\c2ccccc2[N+](=O)[O-])NC1=S. The Morgan fingerprint density at radius 3 is 2.81 bits per heavy atom. The summed E-state index contributed by atoms with van der Waals surface area (Å²) < 4.78 is 0. The van der Waals surface area contributed by atoms with Gasteiger partial charge in [-0.2, -0.15) is 0 Å². The lowest BCUT2D eigenvalue weighted by atomic mass is 10.1. The van der Waals surface area contributed by atoms with Crippen LogP contribution in [0.1, 0.15) is 25.3 Å². The first-order valence-corrected chi connectivity index (χ1v) is 7.03. The average Bonchev–Trinajstić information content (AvgIpc) is 2.72. The van der Waals surface area contributed by atoms with E-state index in [0.29, 0.717) is 17.2 Å². The maximum absolute atomic E-state index is 12.2. The van der Waals surface area contributed by atoms with Crippen LogP contribution in [0.3, 0.4) is 0 Å². The molecule has 6 nitrogen and oxygen atoms in total. The molecule has 0 spiro atoms. The average molecular weight is 305 g/mol. The van der Waals surface area contributed by atoms with Gasteiger partial charge in [0, 0.05) is 12.6 Å². The van der Waals surface area contributed by atoms with E-state index in [4.69, 9.17) is 12.2 Å². The molecule has 1 aromatic carbocycles. The van der Waals surface area contributed by atoms with Gasteiger partial charge in [0.25, 0.3) is 11.6 Å². The lowest BCUT2D eigenvalue weighted by Crippen LogP contribution is -2.31. The van der Waals surface area contributed by atoms with Crippen molar-refractivity contribution >= 4 is 35.0 Å². The van der Waals surface area contributed by atoms with Gasteiger partial charge in [-0.15, -0.1) is 0 Å². The zero-order valence-electron chi connectivity index (χ0n) is 11.5. The molecule has 110 valence electrons. The lowest BCUT2D eigenvalue weighted by molar-refractivity contribution is -0.385. The van der Waals surface area contributed by atoms with Crippen molar-refractivity contribution < 1.29 is 9.72 Å². The summed E-state index contributed by atoms with van der Waals surface area (Å²) in [5, 5.41) is 14.2. The quantitative estimate of drug-likeness (QED) is 0.391. The highest BCUT2D eigenvalue weighted by atomic mass is 32.1. The Balaban J connectivity index is 2.29. The smallest absolute Gasteiger partial charge is 0.276 e. The number of hydrogen-bond donors (Lipinski definition) is 1. The number of hydrogen-bond acceptors (Lipinski definition) is 4. The van der Waals surface area contributed by atoms with Crippen molar-refractivity contribution in [3.63, 3.8) is 0 Å². The van der Waals surface area contributed by atoms with E-state index in [1.807, 2.05) is 6.92 Å². The third-order valence-corrected chi connectivity index (χ3v) is 3.45. The van der Waals surface area contributed by atoms with Crippen LogP contribution in [0.5, 0.6) is 0 Å². The van der Waals surface area contributed by atoms with Gasteiger partial charge in [-0.25, -0.2) is 0 Å². The van der Waals surface area contributed by atoms with E-state index in [2.05, 4.69) is 5.32 Å². The van der Waals surface area contributed by atoms with Gasteiger partial charge in [0.1, 0.15) is 5.70 Å². The minimum Gasteiger partial charge on any atom is -0.328 e. The fourth-order valence-electron chi connectivity index (χ4n) is 2.02. The number of rotatable bonds is 5. The number of amides is 1. The molecule has 21 heavy (non-hydrogen) atoms. The van der Waals surface area contributed by atoms with Crippen molar-refractivity contribution in [3.8, 4) is 0 Å². The van der Waals surface area contributed by atoms with Crippen molar-refractivity contribution in [2.24, 2.45) is 0 Å². The summed E-state index contributed by atoms with van der Waals surface area (Å²) in [5.41, 5.74) is 0.599. The molecule has 0 aliphatic carbocycles. The molecular weight excluding hydrogens is 290 g/mol. The Hall–Kier alpha value is -2.28. The fourth-order valence-corrected chi connectivity index (χ4v) is 2.31. The molecule has 0 radical (unpaired) electrons. The van der Waals surface area contributed by atoms with Gasteiger partial charge in [-0.3, -0.25) is 19.8 Å². The fraction of sp³-hybridized carbons (Fsp3) is 0.286. The topological polar surface area (TPSA) is 75.5 Å². The number of unbranched alkanes of at least 4 members (excludes halogenated alkanes) is 1. The predicted molar refractivity (Wildman–Crippen MR) is 83.4 cm³/mol. The van der Waals surface area contributed by atoms with Crippen LogP contribution >= 0.6 is 12.2 Å². The molecular formula is C14H15N3O3S. The van der Waals surface area contributed by atoms with Crippen molar-refractivity contribution in [1.82, 2.24) is 10.2 Å². The van der Waals surface area contributed by atoms with Crippen LogP contribution in [0.2, 0.25) is 0 Å². The summed E-state index contributed by atoms with van der Waals surface area (Å²) in [6, 6.07) is 6.27. The minimum absolute atomic E-state index is 0.0440.